The lowest BCUT2D eigenvalue weighted by Crippen LogP contribution is -2.39. The fourth-order valence-corrected chi connectivity index (χ4v) is 3.30. The normalized spacial score (nSPS) is 19.4. The zero-order valence-corrected chi connectivity index (χ0v) is 15.5. The van der Waals surface area contributed by atoms with Crippen LogP contribution in [0.1, 0.15) is 18.9 Å². The lowest BCUT2D eigenvalue weighted by molar-refractivity contribution is -0.259. The predicted octanol–water partition coefficient (Wildman–Crippen LogP) is 3.08. The van der Waals surface area contributed by atoms with E-state index in [0.29, 0.717) is 18.4 Å². The Labute approximate surface area is 163 Å². The summed E-state index contributed by atoms with van der Waals surface area (Å²) in [5, 5.41) is 16.4. The molecule has 10 heteroatoms. The first-order valence-electron chi connectivity index (χ1n) is 9.07. The molecule has 0 spiro atoms. The molecule has 0 aromatic carbocycles. The van der Waals surface area contributed by atoms with Crippen LogP contribution in [0.5, 0.6) is 0 Å². The average molecular weight is 409 g/mol. The predicted molar refractivity (Wildman–Crippen MR) is 98.9 cm³/mol. The molecule has 0 bridgehead atoms. The number of fused-ring (bicyclic) bond motifs is 1. The van der Waals surface area contributed by atoms with Crippen molar-refractivity contribution < 1.29 is 22.7 Å². The minimum atomic E-state index is -4.87. The summed E-state index contributed by atoms with van der Waals surface area (Å²) < 4.78 is 55.5. The third-order valence-corrected chi connectivity index (χ3v) is 5.12. The highest BCUT2D eigenvalue weighted by molar-refractivity contribution is 5.63. The second-order valence-electron chi connectivity index (χ2n) is 7.22. The van der Waals surface area contributed by atoms with Crippen LogP contribution in [0.4, 0.5) is 23.4 Å². The molecule has 0 amide bonds. The van der Waals surface area contributed by atoms with Gasteiger partial charge in [0.15, 0.2) is 11.4 Å². The number of rotatable bonds is 4. The first-order chi connectivity index (χ1) is 13.7. The van der Waals surface area contributed by atoms with E-state index in [0.717, 1.165) is 31.8 Å². The number of nitrogens with one attached hydrogen (secondary N) is 2. The second kappa shape index (κ2) is 6.96. The van der Waals surface area contributed by atoms with Crippen molar-refractivity contribution >= 4 is 11.5 Å². The molecule has 2 atom stereocenters. The average Bonchev–Trinajstić information content (AvgIpc) is 3.31. The van der Waals surface area contributed by atoms with Crippen LogP contribution >= 0.6 is 0 Å². The van der Waals surface area contributed by atoms with Crippen molar-refractivity contribution in [1.82, 2.24) is 19.7 Å². The highest BCUT2D eigenvalue weighted by atomic mass is 19.4. The van der Waals surface area contributed by atoms with Gasteiger partial charge in [0.2, 0.25) is 0 Å². The molecule has 1 aliphatic heterocycles. The summed E-state index contributed by atoms with van der Waals surface area (Å²) in [4.78, 5) is 8.43. The molecule has 0 saturated carbocycles. The fourth-order valence-electron chi connectivity index (χ4n) is 3.30. The van der Waals surface area contributed by atoms with Crippen molar-refractivity contribution in [2.24, 2.45) is 0 Å². The zero-order chi connectivity index (χ0) is 20.8. The molecule has 3 aromatic rings. The number of nitrogens with zero attached hydrogens (tertiary/aromatic N) is 3. The number of hydrogen-bond donors (Lipinski definition) is 3. The first-order valence-corrected chi connectivity index (χ1v) is 9.07. The second-order valence-corrected chi connectivity index (χ2v) is 7.22. The molecule has 3 N–H and O–H groups in total. The maximum Gasteiger partial charge on any atom is 0.421 e. The molecule has 4 heterocycles. The van der Waals surface area contributed by atoms with Crippen molar-refractivity contribution in [1.29, 1.82) is 0 Å². The summed E-state index contributed by atoms with van der Waals surface area (Å²) >= 11 is 0. The van der Waals surface area contributed by atoms with Gasteiger partial charge >= 0.3 is 6.18 Å². The summed E-state index contributed by atoms with van der Waals surface area (Å²) in [5.41, 5.74) is -3.00. The maximum atomic E-state index is 14.5. The Kier molecular flexibility index (Phi) is 4.70. The number of aromatic nitrogens is 3. The first kappa shape index (κ1) is 19.6. The third kappa shape index (κ3) is 3.53. The molecule has 0 radical (unpaired) electrons. The molecule has 0 aliphatic carbocycles. The molecule has 154 valence electrons. The van der Waals surface area contributed by atoms with Crippen molar-refractivity contribution in [3.63, 3.8) is 0 Å². The number of anilines is 1. The van der Waals surface area contributed by atoms with Gasteiger partial charge in [0.05, 0.1) is 11.9 Å². The zero-order valence-electron chi connectivity index (χ0n) is 15.5. The highest BCUT2D eigenvalue weighted by Gasteiger charge is 2.51. The van der Waals surface area contributed by atoms with Gasteiger partial charge in [-0.2, -0.15) is 13.2 Å². The smallest absolute Gasteiger partial charge is 0.376 e. The van der Waals surface area contributed by atoms with E-state index in [1.165, 1.54) is 28.8 Å². The Bertz CT molecular complexity index is 1040. The van der Waals surface area contributed by atoms with E-state index in [1.54, 1.807) is 0 Å². The van der Waals surface area contributed by atoms with Crippen LogP contribution in [0.2, 0.25) is 0 Å². The van der Waals surface area contributed by atoms with Gasteiger partial charge in [-0.05, 0) is 38.1 Å². The molecule has 1 saturated heterocycles. The molecule has 3 aromatic heterocycles. The van der Waals surface area contributed by atoms with Crippen molar-refractivity contribution in [2.75, 3.05) is 18.4 Å². The van der Waals surface area contributed by atoms with Gasteiger partial charge in [0, 0.05) is 24.3 Å². The summed E-state index contributed by atoms with van der Waals surface area (Å²) in [6, 6.07) is 5.41. The summed E-state index contributed by atoms with van der Waals surface area (Å²) in [7, 11) is 0. The quantitative estimate of drug-likeness (QED) is 0.578. The summed E-state index contributed by atoms with van der Waals surface area (Å²) in [5.74, 6) is -0.168. The lowest BCUT2D eigenvalue weighted by Gasteiger charge is -2.26. The topological polar surface area (TPSA) is 74.5 Å². The summed E-state index contributed by atoms with van der Waals surface area (Å²) in [6.45, 7) is 2.31. The molecule has 29 heavy (non-hydrogen) atoms. The van der Waals surface area contributed by atoms with E-state index in [2.05, 4.69) is 20.6 Å². The Morgan fingerprint density at radius 2 is 2.03 bits per heavy atom. The molecule has 2 unspecified atom stereocenters. The number of hydrogen-bond acceptors (Lipinski definition) is 5. The van der Waals surface area contributed by atoms with E-state index in [-0.39, 0.29) is 23.0 Å². The molecule has 1 fully saturated rings. The minimum Gasteiger partial charge on any atom is -0.376 e. The van der Waals surface area contributed by atoms with Gasteiger partial charge in [-0.25, -0.2) is 14.4 Å². The molecule has 4 rings (SSSR count). The molecule has 6 nitrogen and oxygen atoms in total. The van der Waals surface area contributed by atoms with Crippen LogP contribution < -0.4 is 10.6 Å². The lowest BCUT2D eigenvalue weighted by atomic mass is 9.97. The van der Waals surface area contributed by atoms with Crippen molar-refractivity contribution in [3.8, 4) is 11.4 Å². The van der Waals surface area contributed by atoms with E-state index < -0.39 is 17.6 Å². The Hall–Kier alpha value is -2.72. The van der Waals surface area contributed by atoms with Crippen molar-refractivity contribution in [2.45, 2.75) is 31.2 Å². The third-order valence-electron chi connectivity index (χ3n) is 5.12. The standard InChI is InChI=1S/C19H19F4N5O/c1-18(29,19(21,22)23)11-2-5-16-25-9-14(28(16)10-11)17-13(20)3-4-15(27-17)26-12-6-7-24-8-12/h2-5,9-10,12,24,29H,6-8H2,1H3,(H,26,27). The van der Waals surface area contributed by atoms with Gasteiger partial charge in [-0.15, -0.1) is 0 Å². The Balaban J connectivity index is 1.77. The van der Waals surface area contributed by atoms with Crippen molar-refractivity contribution in [3.05, 3.63) is 48.0 Å². The molecular formula is C19H19F4N5O. The van der Waals surface area contributed by atoms with E-state index in [1.807, 2.05) is 0 Å². The van der Waals surface area contributed by atoms with Gasteiger partial charge in [-0.1, -0.05) is 6.07 Å². The Morgan fingerprint density at radius 1 is 1.24 bits per heavy atom. The van der Waals surface area contributed by atoms with Crippen LogP contribution in [0.15, 0.2) is 36.7 Å². The van der Waals surface area contributed by atoms with Gasteiger partial charge in [0.25, 0.3) is 0 Å². The van der Waals surface area contributed by atoms with E-state index in [9.17, 15) is 22.7 Å². The number of aliphatic hydroxyl groups is 1. The fraction of sp³-hybridized carbons (Fsp3) is 0.368. The Morgan fingerprint density at radius 3 is 2.72 bits per heavy atom. The largest absolute Gasteiger partial charge is 0.421 e. The van der Waals surface area contributed by atoms with E-state index in [4.69, 9.17) is 0 Å². The molecular weight excluding hydrogens is 390 g/mol. The van der Waals surface area contributed by atoms with Crippen LogP contribution in [0, 0.1) is 5.82 Å². The monoisotopic (exact) mass is 409 g/mol. The van der Waals surface area contributed by atoms with Crippen LogP contribution in [0.3, 0.4) is 0 Å². The van der Waals surface area contributed by atoms with Gasteiger partial charge < -0.3 is 15.7 Å². The summed E-state index contributed by atoms with van der Waals surface area (Å²) in [6.07, 6.45) is -1.52. The molecule has 1 aliphatic rings. The number of pyridine rings is 2. The number of imidazole rings is 1. The van der Waals surface area contributed by atoms with E-state index >= 15 is 0 Å². The van der Waals surface area contributed by atoms with Crippen LogP contribution in [-0.2, 0) is 5.60 Å². The number of halogens is 4. The highest BCUT2D eigenvalue weighted by Crippen LogP contribution is 2.38. The van der Waals surface area contributed by atoms with Gasteiger partial charge in [0.1, 0.15) is 17.2 Å². The minimum absolute atomic E-state index is 0.0442. The maximum absolute atomic E-state index is 14.5. The number of alkyl halides is 3. The SMILES string of the molecule is CC(O)(c1ccc2ncc(-c3nc(NC4CCNC4)ccc3F)n2c1)C(F)(F)F. The van der Waals surface area contributed by atoms with Gasteiger partial charge in [-0.3, -0.25) is 4.40 Å². The van der Waals surface area contributed by atoms with Crippen LogP contribution in [0.25, 0.3) is 17.0 Å². The van der Waals surface area contributed by atoms with Crippen LogP contribution in [-0.4, -0.2) is 44.8 Å².